The number of rotatable bonds is 3. The van der Waals surface area contributed by atoms with Crippen LogP contribution in [0.15, 0.2) is 0 Å². The van der Waals surface area contributed by atoms with Crippen LogP contribution in [0, 0.1) is 0 Å². The number of nitrogens with zero attached hydrogens (tertiary/aromatic N) is 1. The monoisotopic (exact) mass is 183 g/mol. The summed E-state index contributed by atoms with van der Waals surface area (Å²) in [6.45, 7) is 5.65. The Balaban J connectivity index is 1.66. The molecule has 0 atom stereocenters. The van der Waals surface area contributed by atoms with Gasteiger partial charge in [0.15, 0.2) is 0 Å². The number of hydrogen-bond donors (Lipinski definition) is 0. The van der Waals surface area contributed by atoms with Crippen LogP contribution in [0.4, 0.5) is 0 Å². The van der Waals surface area contributed by atoms with E-state index in [0.717, 1.165) is 12.6 Å². The van der Waals surface area contributed by atoms with Gasteiger partial charge in [-0.15, -0.1) is 0 Å². The molecule has 1 aliphatic carbocycles. The van der Waals surface area contributed by atoms with Gasteiger partial charge in [-0.25, -0.2) is 0 Å². The average Bonchev–Trinajstić information content (AvgIpc) is 2.12. The van der Waals surface area contributed by atoms with E-state index in [9.17, 15) is 0 Å². The van der Waals surface area contributed by atoms with Gasteiger partial charge >= 0.3 is 0 Å². The molecule has 0 bridgehead atoms. The van der Waals surface area contributed by atoms with E-state index in [1.54, 1.807) is 0 Å². The molecule has 1 heterocycles. The molecule has 0 unspecified atom stereocenters. The zero-order valence-corrected chi connectivity index (χ0v) is 8.67. The summed E-state index contributed by atoms with van der Waals surface area (Å²) in [7, 11) is 0. The van der Waals surface area contributed by atoms with Crippen LogP contribution in [0.1, 0.15) is 39.0 Å². The first-order chi connectivity index (χ1) is 6.40. The van der Waals surface area contributed by atoms with Crippen LogP contribution in [-0.2, 0) is 4.74 Å². The largest absolute Gasteiger partial charge is 0.378 e. The normalized spacial score (nSPS) is 35.8. The van der Waals surface area contributed by atoms with Crippen LogP contribution >= 0.6 is 0 Å². The summed E-state index contributed by atoms with van der Waals surface area (Å²) < 4.78 is 5.57. The molecule has 2 rings (SSSR count). The van der Waals surface area contributed by atoms with Crippen LogP contribution in [-0.4, -0.2) is 36.7 Å². The maximum atomic E-state index is 5.57. The quantitative estimate of drug-likeness (QED) is 0.664. The van der Waals surface area contributed by atoms with Crippen molar-refractivity contribution in [2.45, 2.75) is 51.2 Å². The Bertz CT molecular complexity index is 148. The Kier molecular flexibility index (Phi) is 3.23. The van der Waals surface area contributed by atoms with Gasteiger partial charge in [-0.1, -0.05) is 6.42 Å². The van der Waals surface area contributed by atoms with Crippen LogP contribution in [0.25, 0.3) is 0 Å². The standard InChI is InChI=1S/C11H21NO/c1-2-13-11-8-10(9-11)12-6-4-3-5-7-12/h10-11H,2-9H2,1H3/t10-,11+. The van der Waals surface area contributed by atoms with Gasteiger partial charge < -0.3 is 9.64 Å². The number of hydrogen-bond acceptors (Lipinski definition) is 2. The summed E-state index contributed by atoms with van der Waals surface area (Å²) in [5, 5.41) is 0. The minimum Gasteiger partial charge on any atom is -0.378 e. The Morgan fingerprint density at radius 3 is 2.46 bits per heavy atom. The number of ether oxygens (including phenoxy) is 1. The van der Waals surface area contributed by atoms with E-state index < -0.39 is 0 Å². The van der Waals surface area contributed by atoms with Crippen LogP contribution in [0.5, 0.6) is 0 Å². The first kappa shape index (κ1) is 9.47. The summed E-state index contributed by atoms with van der Waals surface area (Å²) in [6, 6.07) is 0.858. The Morgan fingerprint density at radius 1 is 1.15 bits per heavy atom. The molecule has 0 aromatic rings. The van der Waals surface area contributed by atoms with Gasteiger partial charge in [0.2, 0.25) is 0 Å². The molecule has 1 saturated heterocycles. The molecular weight excluding hydrogens is 162 g/mol. The molecule has 0 aromatic carbocycles. The fraction of sp³-hybridized carbons (Fsp3) is 1.00. The Morgan fingerprint density at radius 2 is 1.85 bits per heavy atom. The van der Waals surface area contributed by atoms with E-state index in [1.807, 2.05) is 0 Å². The Hall–Kier alpha value is -0.0800. The predicted molar refractivity (Wildman–Crippen MR) is 53.9 cm³/mol. The van der Waals surface area contributed by atoms with Crippen molar-refractivity contribution >= 4 is 0 Å². The fourth-order valence-corrected chi connectivity index (χ4v) is 2.49. The summed E-state index contributed by atoms with van der Waals surface area (Å²) in [6.07, 6.45) is 7.42. The van der Waals surface area contributed by atoms with Crippen LogP contribution in [0.2, 0.25) is 0 Å². The fourth-order valence-electron chi connectivity index (χ4n) is 2.49. The lowest BCUT2D eigenvalue weighted by molar-refractivity contribution is -0.0502. The first-order valence-electron chi connectivity index (χ1n) is 5.76. The minimum atomic E-state index is 0.580. The Labute approximate surface area is 81.3 Å². The molecule has 2 heteroatoms. The maximum Gasteiger partial charge on any atom is 0.0604 e. The maximum absolute atomic E-state index is 5.57. The van der Waals surface area contributed by atoms with E-state index >= 15 is 0 Å². The lowest BCUT2D eigenvalue weighted by Crippen LogP contribution is -2.49. The second-order valence-corrected chi connectivity index (χ2v) is 4.30. The van der Waals surface area contributed by atoms with Crippen molar-refractivity contribution in [3.05, 3.63) is 0 Å². The third-order valence-corrected chi connectivity index (χ3v) is 3.38. The summed E-state index contributed by atoms with van der Waals surface area (Å²) in [4.78, 5) is 2.67. The van der Waals surface area contributed by atoms with E-state index in [4.69, 9.17) is 4.74 Å². The van der Waals surface area contributed by atoms with E-state index in [1.165, 1.54) is 45.2 Å². The first-order valence-corrected chi connectivity index (χ1v) is 5.76. The molecule has 2 fully saturated rings. The second-order valence-electron chi connectivity index (χ2n) is 4.30. The second kappa shape index (κ2) is 4.43. The third-order valence-electron chi connectivity index (χ3n) is 3.38. The van der Waals surface area contributed by atoms with Crippen molar-refractivity contribution in [3.8, 4) is 0 Å². The van der Waals surface area contributed by atoms with E-state index in [0.29, 0.717) is 6.10 Å². The molecule has 0 radical (unpaired) electrons. The van der Waals surface area contributed by atoms with Crippen molar-refractivity contribution in [3.63, 3.8) is 0 Å². The van der Waals surface area contributed by atoms with Crippen molar-refractivity contribution in [1.29, 1.82) is 0 Å². The van der Waals surface area contributed by atoms with Crippen molar-refractivity contribution in [2.24, 2.45) is 0 Å². The molecule has 2 nitrogen and oxygen atoms in total. The molecule has 1 aliphatic heterocycles. The van der Waals surface area contributed by atoms with Crippen molar-refractivity contribution in [1.82, 2.24) is 4.90 Å². The SMILES string of the molecule is CCO[C@H]1C[C@@H](N2CCCCC2)C1. The molecule has 0 N–H and O–H groups in total. The highest BCUT2D eigenvalue weighted by molar-refractivity contribution is 4.89. The van der Waals surface area contributed by atoms with Crippen LogP contribution in [0.3, 0.4) is 0 Å². The van der Waals surface area contributed by atoms with Gasteiger partial charge in [0, 0.05) is 12.6 Å². The van der Waals surface area contributed by atoms with E-state index in [-0.39, 0.29) is 0 Å². The zero-order valence-electron chi connectivity index (χ0n) is 8.67. The van der Waals surface area contributed by atoms with Crippen LogP contribution < -0.4 is 0 Å². The summed E-state index contributed by atoms with van der Waals surface area (Å²) >= 11 is 0. The van der Waals surface area contributed by atoms with Gasteiger partial charge in [-0.3, -0.25) is 0 Å². The topological polar surface area (TPSA) is 12.5 Å². The lowest BCUT2D eigenvalue weighted by Gasteiger charge is -2.44. The highest BCUT2D eigenvalue weighted by atomic mass is 16.5. The highest BCUT2D eigenvalue weighted by Gasteiger charge is 2.34. The van der Waals surface area contributed by atoms with E-state index in [2.05, 4.69) is 11.8 Å². The third kappa shape index (κ3) is 2.23. The van der Waals surface area contributed by atoms with Gasteiger partial charge in [0.25, 0.3) is 0 Å². The molecule has 0 amide bonds. The minimum absolute atomic E-state index is 0.580. The lowest BCUT2D eigenvalue weighted by atomic mass is 9.86. The molecule has 1 saturated carbocycles. The average molecular weight is 183 g/mol. The summed E-state index contributed by atoms with van der Waals surface area (Å²) in [5.74, 6) is 0. The predicted octanol–water partition coefficient (Wildman–Crippen LogP) is 2.04. The molecule has 13 heavy (non-hydrogen) atoms. The molecule has 0 aromatic heterocycles. The van der Waals surface area contributed by atoms with Gasteiger partial charge in [0.05, 0.1) is 6.10 Å². The van der Waals surface area contributed by atoms with Gasteiger partial charge in [-0.2, -0.15) is 0 Å². The molecule has 0 spiro atoms. The molecular formula is C11H21NO. The number of piperidine rings is 1. The summed E-state index contributed by atoms with van der Waals surface area (Å²) in [5.41, 5.74) is 0. The highest BCUT2D eigenvalue weighted by Crippen LogP contribution is 2.30. The zero-order chi connectivity index (χ0) is 9.10. The smallest absolute Gasteiger partial charge is 0.0604 e. The van der Waals surface area contributed by atoms with Gasteiger partial charge in [0.1, 0.15) is 0 Å². The van der Waals surface area contributed by atoms with Crippen molar-refractivity contribution < 1.29 is 4.74 Å². The molecule has 2 aliphatic rings. The van der Waals surface area contributed by atoms with Gasteiger partial charge in [-0.05, 0) is 45.7 Å². The van der Waals surface area contributed by atoms with Crippen molar-refractivity contribution in [2.75, 3.05) is 19.7 Å². The number of likely N-dealkylation sites (tertiary alicyclic amines) is 1. The molecule has 76 valence electrons.